The molecule has 0 spiro atoms. The van der Waals surface area contributed by atoms with Gasteiger partial charge in [0, 0.05) is 30.8 Å². The van der Waals surface area contributed by atoms with E-state index >= 15 is 0 Å². The normalized spacial score (nSPS) is 12.4. The molecular weight excluding hydrogens is 234 g/mol. The lowest BCUT2D eigenvalue weighted by Gasteiger charge is -2.12. The van der Waals surface area contributed by atoms with Crippen molar-refractivity contribution in [3.63, 3.8) is 0 Å². The molecule has 88 valence electrons. The third-order valence-electron chi connectivity index (χ3n) is 2.59. The van der Waals surface area contributed by atoms with Crippen molar-refractivity contribution in [2.45, 2.75) is 18.9 Å². The van der Waals surface area contributed by atoms with Crippen molar-refractivity contribution < 1.29 is 0 Å². The van der Waals surface area contributed by atoms with Crippen LogP contribution in [0.4, 0.5) is 0 Å². The molecule has 0 fully saturated rings. The van der Waals surface area contributed by atoms with E-state index in [4.69, 9.17) is 17.3 Å². The smallest absolute Gasteiger partial charge is 0.0621 e. The average Bonchev–Trinajstić information content (AvgIpc) is 2.33. The molecule has 0 aliphatic heterocycles. The molecule has 2 aromatic heterocycles. The Balaban J connectivity index is 1.98. The summed E-state index contributed by atoms with van der Waals surface area (Å²) in [6, 6.07) is 5.92. The van der Waals surface area contributed by atoms with Crippen molar-refractivity contribution >= 4 is 11.6 Å². The summed E-state index contributed by atoms with van der Waals surface area (Å²) >= 11 is 6.04. The van der Waals surface area contributed by atoms with Crippen LogP contribution in [-0.4, -0.2) is 16.0 Å². The van der Waals surface area contributed by atoms with Gasteiger partial charge in [0.1, 0.15) is 0 Å². The highest BCUT2D eigenvalue weighted by molar-refractivity contribution is 6.31. The SMILES string of the molecule is NC(Cc1ccncc1)Cc1ccncc1Cl. The summed E-state index contributed by atoms with van der Waals surface area (Å²) in [5, 5.41) is 0.678. The number of nitrogens with zero attached hydrogens (tertiary/aromatic N) is 2. The van der Waals surface area contributed by atoms with E-state index in [-0.39, 0.29) is 6.04 Å². The first-order chi connectivity index (χ1) is 8.25. The first-order valence-electron chi connectivity index (χ1n) is 5.48. The van der Waals surface area contributed by atoms with Gasteiger partial charge in [-0.25, -0.2) is 0 Å². The second-order valence-electron chi connectivity index (χ2n) is 3.99. The van der Waals surface area contributed by atoms with E-state index in [0.717, 1.165) is 18.4 Å². The molecule has 4 heteroatoms. The van der Waals surface area contributed by atoms with Gasteiger partial charge in [-0.3, -0.25) is 9.97 Å². The van der Waals surface area contributed by atoms with Crippen LogP contribution in [0.2, 0.25) is 5.02 Å². The van der Waals surface area contributed by atoms with Crippen LogP contribution in [0.15, 0.2) is 43.0 Å². The van der Waals surface area contributed by atoms with Crippen molar-refractivity contribution in [2.75, 3.05) is 0 Å². The van der Waals surface area contributed by atoms with Crippen molar-refractivity contribution in [1.29, 1.82) is 0 Å². The first-order valence-corrected chi connectivity index (χ1v) is 5.86. The van der Waals surface area contributed by atoms with Gasteiger partial charge in [0.05, 0.1) is 5.02 Å². The molecule has 2 N–H and O–H groups in total. The van der Waals surface area contributed by atoms with Crippen LogP contribution in [-0.2, 0) is 12.8 Å². The van der Waals surface area contributed by atoms with Gasteiger partial charge < -0.3 is 5.73 Å². The summed E-state index contributed by atoms with van der Waals surface area (Å²) in [4.78, 5) is 7.94. The molecule has 0 aliphatic rings. The maximum absolute atomic E-state index is 6.11. The number of halogens is 1. The number of pyridine rings is 2. The van der Waals surface area contributed by atoms with E-state index in [1.54, 1.807) is 24.8 Å². The van der Waals surface area contributed by atoms with E-state index in [0.29, 0.717) is 5.02 Å². The number of nitrogens with two attached hydrogens (primary N) is 1. The highest BCUT2D eigenvalue weighted by Crippen LogP contribution is 2.15. The summed E-state index contributed by atoms with van der Waals surface area (Å²) < 4.78 is 0. The van der Waals surface area contributed by atoms with Crippen LogP contribution >= 0.6 is 11.6 Å². The number of rotatable bonds is 4. The lowest BCUT2D eigenvalue weighted by Crippen LogP contribution is -2.25. The van der Waals surface area contributed by atoms with Crippen LogP contribution < -0.4 is 5.73 Å². The number of hydrogen-bond acceptors (Lipinski definition) is 3. The first kappa shape index (κ1) is 12.0. The standard InChI is InChI=1S/C13H14ClN3/c14-13-9-17-6-3-11(13)8-12(15)7-10-1-4-16-5-2-10/h1-6,9,12H,7-8,15H2. The predicted molar refractivity (Wildman–Crippen MR) is 68.9 cm³/mol. The van der Waals surface area contributed by atoms with E-state index in [9.17, 15) is 0 Å². The fourth-order valence-electron chi connectivity index (χ4n) is 1.75. The predicted octanol–water partition coefficient (Wildman–Crippen LogP) is 2.24. The Morgan fingerprint density at radius 3 is 2.47 bits per heavy atom. The molecule has 0 radical (unpaired) electrons. The number of hydrogen-bond donors (Lipinski definition) is 1. The van der Waals surface area contributed by atoms with Gasteiger partial charge in [0.15, 0.2) is 0 Å². The van der Waals surface area contributed by atoms with E-state index < -0.39 is 0 Å². The molecule has 2 aromatic rings. The van der Waals surface area contributed by atoms with E-state index in [1.807, 2.05) is 18.2 Å². The molecule has 2 heterocycles. The fraction of sp³-hybridized carbons (Fsp3) is 0.231. The lowest BCUT2D eigenvalue weighted by atomic mass is 10.0. The minimum absolute atomic E-state index is 0.0531. The molecular formula is C13H14ClN3. The molecule has 0 saturated heterocycles. The summed E-state index contributed by atoms with van der Waals surface area (Å²) in [5.74, 6) is 0. The Kier molecular flexibility index (Phi) is 4.07. The van der Waals surface area contributed by atoms with Gasteiger partial charge in [-0.2, -0.15) is 0 Å². The Morgan fingerprint density at radius 2 is 1.76 bits per heavy atom. The van der Waals surface area contributed by atoms with Gasteiger partial charge >= 0.3 is 0 Å². The monoisotopic (exact) mass is 247 g/mol. The Hall–Kier alpha value is -1.45. The summed E-state index contributed by atoms with van der Waals surface area (Å²) in [7, 11) is 0. The highest BCUT2D eigenvalue weighted by atomic mass is 35.5. The van der Waals surface area contributed by atoms with E-state index in [1.165, 1.54) is 5.56 Å². The quantitative estimate of drug-likeness (QED) is 0.902. The molecule has 17 heavy (non-hydrogen) atoms. The fourth-order valence-corrected chi connectivity index (χ4v) is 1.94. The number of aromatic nitrogens is 2. The topological polar surface area (TPSA) is 51.8 Å². The zero-order valence-electron chi connectivity index (χ0n) is 9.38. The molecule has 1 atom stereocenters. The Morgan fingerprint density at radius 1 is 1.06 bits per heavy atom. The van der Waals surface area contributed by atoms with Crippen LogP contribution in [0, 0.1) is 0 Å². The average molecular weight is 248 g/mol. The van der Waals surface area contributed by atoms with Crippen molar-refractivity contribution in [3.05, 3.63) is 59.1 Å². The molecule has 0 bridgehead atoms. The maximum Gasteiger partial charge on any atom is 0.0621 e. The summed E-state index contributed by atoms with van der Waals surface area (Å²) in [6.07, 6.45) is 8.52. The molecule has 0 saturated carbocycles. The van der Waals surface area contributed by atoms with Crippen molar-refractivity contribution in [3.8, 4) is 0 Å². The van der Waals surface area contributed by atoms with Gasteiger partial charge in [-0.05, 0) is 42.2 Å². The zero-order chi connectivity index (χ0) is 12.1. The highest BCUT2D eigenvalue weighted by Gasteiger charge is 2.08. The van der Waals surface area contributed by atoms with Crippen LogP contribution in [0.5, 0.6) is 0 Å². The summed E-state index contributed by atoms with van der Waals surface area (Å²) in [5.41, 5.74) is 8.34. The van der Waals surface area contributed by atoms with Crippen LogP contribution in [0.3, 0.4) is 0 Å². The molecule has 2 rings (SSSR count). The van der Waals surface area contributed by atoms with Crippen LogP contribution in [0.25, 0.3) is 0 Å². The molecule has 0 amide bonds. The Bertz CT molecular complexity index is 473. The second-order valence-corrected chi connectivity index (χ2v) is 4.40. The third-order valence-corrected chi connectivity index (χ3v) is 2.93. The van der Waals surface area contributed by atoms with Crippen LogP contribution in [0.1, 0.15) is 11.1 Å². The van der Waals surface area contributed by atoms with Gasteiger partial charge in [0.25, 0.3) is 0 Å². The van der Waals surface area contributed by atoms with Crippen molar-refractivity contribution in [1.82, 2.24) is 9.97 Å². The van der Waals surface area contributed by atoms with E-state index in [2.05, 4.69) is 9.97 Å². The molecule has 1 unspecified atom stereocenters. The molecule has 0 aliphatic carbocycles. The van der Waals surface area contributed by atoms with Crippen molar-refractivity contribution in [2.24, 2.45) is 5.73 Å². The zero-order valence-corrected chi connectivity index (χ0v) is 10.1. The third kappa shape index (κ3) is 3.51. The maximum atomic E-state index is 6.11. The lowest BCUT2D eigenvalue weighted by molar-refractivity contribution is 0.664. The largest absolute Gasteiger partial charge is 0.327 e. The minimum atomic E-state index is 0.0531. The van der Waals surface area contributed by atoms with Gasteiger partial charge in [-0.15, -0.1) is 0 Å². The molecule has 0 aromatic carbocycles. The minimum Gasteiger partial charge on any atom is -0.327 e. The van der Waals surface area contributed by atoms with Gasteiger partial charge in [0.2, 0.25) is 0 Å². The molecule has 3 nitrogen and oxygen atoms in total. The van der Waals surface area contributed by atoms with Gasteiger partial charge in [-0.1, -0.05) is 11.6 Å². The summed E-state index contributed by atoms with van der Waals surface area (Å²) in [6.45, 7) is 0. The Labute approximate surface area is 106 Å². The second kappa shape index (κ2) is 5.75.